The number of nitrogens with one attached hydrogen (secondary N) is 1. The highest BCUT2D eigenvalue weighted by molar-refractivity contribution is 7.99. The zero-order valence-electron chi connectivity index (χ0n) is 8.20. The van der Waals surface area contributed by atoms with Crippen molar-refractivity contribution in [3.05, 3.63) is 41.4 Å². The lowest BCUT2D eigenvalue weighted by Crippen LogP contribution is -1.99. The van der Waals surface area contributed by atoms with Crippen LogP contribution in [0.5, 0.6) is 5.75 Å². The van der Waals surface area contributed by atoms with Crippen molar-refractivity contribution in [1.29, 1.82) is 0 Å². The first kappa shape index (κ1) is 9.87. The first-order valence-electron chi connectivity index (χ1n) is 4.80. The Morgan fingerprint density at radius 2 is 2.00 bits per heavy atom. The van der Waals surface area contributed by atoms with Crippen molar-refractivity contribution in [3.63, 3.8) is 0 Å². The molecule has 0 radical (unpaired) electrons. The van der Waals surface area contributed by atoms with E-state index in [1.807, 2.05) is 30.3 Å². The Morgan fingerprint density at radius 3 is 2.88 bits per heavy atom. The number of benzene rings is 2. The smallest absolute Gasteiger partial charge is 0.131 e. The molecule has 2 aromatic rings. The fourth-order valence-electron chi connectivity index (χ4n) is 1.67. The molecule has 4 heteroatoms. The summed E-state index contributed by atoms with van der Waals surface area (Å²) in [5.41, 5.74) is 1.90. The Bertz CT molecular complexity index is 571. The second kappa shape index (κ2) is 3.61. The highest BCUT2D eigenvalue weighted by Gasteiger charge is 2.18. The van der Waals surface area contributed by atoms with Crippen molar-refractivity contribution in [2.24, 2.45) is 0 Å². The molecule has 2 nitrogen and oxygen atoms in total. The lowest BCUT2D eigenvalue weighted by atomic mass is 10.2. The van der Waals surface area contributed by atoms with Gasteiger partial charge in [-0.05, 0) is 30.3 Å². The topological polar surface area (TPSA) is 32.3 Å². The van der Waals surface area contributed by atoms with Gasteiger partial charge < -0.3 is 10.4 Å². The van der Waals surface area contributed by atoms with Gasteiger partial charge in [0.2, 0.25) is 0 Å². The zero-order chi connectivity index (χ0) is 11.1. The lowest BCUT2D eigenvalue weighted by molar-refractivity contribution is 0.463. The molecule has 3 rings (SSSR count). The molecule has 2 aromatic carbocycles. The van der Waals surface area contributed by atoms with E-state index in [9.17, 15) is 5.11 Å². The minimum Gasteiger partial charge on any atom is -0.507 e. The number of phenols is 1. The zero-order valence-corrected chi connectivity index (χ0v) is 9.77. The monoisotopic (exact) mass is 249 g/mol. The number of fused-ring (bicyclic) bond motifs is 2. The van der Waals surface area contributed by atoms with Crippen molar-refractivity contribution in [2.45, 2.75) is 9.79 Å². The molecule has 0 saturated heterocycles. The molecule has 0 saturated carbocycles. The highest BCUT2D eigenvalue weighted by atomic mass is 35.5. The molecule has 1 aliphatic heterocycles. The van der Waals surface area contributed by atoms with Gasteiger partial charge in [-0.25, -0.2) is 0 Å². The SMILES string of the molecule is Oc1cccc2c1Sc1ccc(Cl)cc1N2. The van der Waals surface area contributed by atoms with Gasteiger partial charge in [0.1, 0.15) is 5.75 Å². The Kier molecular flexibility index (Phi) is 2.23. The number of phenolic OH excluding ortho intramolecular Hbond substituents is 1. The molecule has 0 aliphatic carbocycles. The summed E-state index contributed by atoms with van der Waals surface area (Å²) in [5.74, 6) is 0.301. The van der Waals surface area contributed by atoms with E-state index in [4.69, 9.17) is 11.6 Å². The molecular weight excluding hydrogens is 242 g/mol. The molecule has 0 fully saturated rings. The summed E-state index contributed by atoms with van der Waals surface area (Å²) in [7, 11) is 0. The average Bonchev–Trinajstić information content (AvgIpc) is 2.27. The van der Waals surface area contributed by atoms with Crippen LogP contribution in [-0.4, -0.2) is 5.11 Å². The predicted octanol–water partition coefficient (Wildman–Crippen LogP) is 4.25. The Morgan fingerprint density at radius 1 is 1.12 bits per heavy atom. The fraction of sp³-hybridized carbons (Fsp3) is 0. The maximum Gasteiger partial charge on any atom is 0.131 e. The van der Waals surface area contributed by atoms with Crippen LogP contribution < -0.4 is 5.32 Å². The molecule has 80 valence electrons. The normalized spacial score (nSPS) is 12.6. The summed E-state index contributed by atoms with van der Waals surface area (Å²) in [6, 6.07) is 11.1. The van der Waals surface area contributed by atoms with Crippen LogP contribution in [0.15, 0.2) is 46.2 Å². The largest absolute Gasteiger partial charge is 0.507 e. The minimum atomic E-state index is 0.301. The molecule has 0 aromatic heterocycles. The van der Waals surface area contributed by atoms with Crippen molar-refractivity contribution in [1.82, 2.24) is 0 Å². The van der Waals surface area contributed by atoms with E-state index in [2.05, 4.69) is 5.32 Å². The molecular formula is C12H8ClNOS. The average molecular weight is 250 g/mol. The van der Waals surface area contributed by atoms with E-state index in [1.54, 1.807) is 17.8 Å². The van der Waals surface area contributed by atoms with Crippen LogP contribution in [0.1, 0.15) is 0 Å². The van der Waals surface area contributed by atoms with Crippen LogP contribution >= 0.6 is 23.4 Å². The van der Waals surface area contributed by atoms with E-state index in [-0.39, 0.29) is 0 Å². The van der Waals surface area contributed by atoms with Crippen molar-refractivity contribution in [2.75, 3.05) is 5.32 Å². The van der Waals surface area contributed by atoms with Crippen molar-refractivity contribution >= 4 is 34.7 Å². The molecule has 16 heavy (non-hydrogen) atoms. The first-order chi connectivity index (χ1) is 7.74. The Balaban J connectivity index is 2.13. The van der Waals surface area contributed by atoms with Gasteiger partial charge in [0.25, 0.3) is 0 Å². The van der Waals surface area contributed by atoms with Crippen LogP contribution in [0.25, 0.3) is 0 Å². The minimum absolute atomic E-state index is 0.301. The summed E-state index contributed by atoms with van der Waals surface area (Å²) in [6.45, 7) is 0. The van der Waals surface area contributed by atoms with E-state index >= 15 is 0 Å². The molecule has 1 heterocycles. The lowest BCUT2D eigenvalue weighted by Gasteiger charge is -2.21. The number of anilines is 2. The molecule has 0 spiro atoms. The summed E-state index contributed by atoms with van der Waals surface area (Å²) in [4.78, 5) is 1.93. The number of halogens is 1. The summed E-state index contributed by atoms with van der Waals surface area (Å²) >= 11 is 7.48. The van der Waals surface area contributed by atoms with E-state index in [0.717, 1.165) is 21.2 Å². The van der Waals surface area contributed by atoms with Crippen LogP contribution in [0.3, 0.4) is 0 Å². The quantitative estimate of drug-likeness (QED) is 0.625. The van der Waals surface area contributed by atoms with Gasteiger partial charge in [-0.15, -0.1) is 0 Å². The van der Waals surface area contributed by atoms with Gasteiger partial charge in [0.15, 0.2) is 0 Å². The second-order valence-corrected chi connectivity index (χ2v) is 5.01. The number of hydrogen-bond donors (Lipinski definition) is 2. The molecule has 1 aliphatic rings. The highest BCUT2D eigenvalue weighted by Crippen LogP contribution is 2.48. The summed E-state index contributed by atoms with van der Waals surface area (Å²) in [6.07, 6.45) is 0. The number of hydrogen-bond acceptors (Lipinski definition) is 3. The third-order valence-electron chi connectivity index (χ3n) is 2.42. The molecule has 0 amide bonds. The maximum atomic E-state index is 9.75. The van der Waals surface area contributed by atoms with Gasteiger partial charge in [-0.1, -0.05) is 29.4 Å². The van der Waals surface area contributed by atoms with Crippen LogP contribution in [0.2, 0.25) is 5.02 Å². The molecule has 0 unspecified atom stereocenters. The molecule has 2 N–H and O–H groups in total. The van der Waals surface area contributed by atoms with Crippen LogP contribution in [-0.2, 0) is 0 Å². The summed E-state index contributed by atoms with van der Waals surface area (Å²) in [5, 5.41) is 13.7. The van der Waals surface area contributed by atoms with Crippen molar-refractivity contribution < 1.29 is 5.11 Å². The van der Waals surface area contributed by atoms with Crippen molar-refractivity contribution in [3.8, 4) is 5.75 Å². The van der Waals surface area contributed by atoms with Gasteiger partial charge in [-0.3, -0.25) is 0 Å². The first-order valence-corrected chi connectivity index (χ1v) is 6.00. The Hall–Kier alpha value is -1.32. The van der Waals surface area contributed by atoms with Gasteiger partial charge in [0.05, 0.1) is 16.3 Å². The van der Waals surface area contributed by atoms with E-state index < -0.39 is 0 Å². The standard InChI is InChI=1S/C12H8ClNOS/c13-7-4-5-11-9(6-7)14-8-2-1-3-10(15)12(8)16-11/h1-6,14-15H. The number of aromatic hydroxyl groups is 1. The molecule has 0 bridgehead atoms. The van der Waals surface area contributed by atoms with Gasteiger partial charge in [0, 0.05) is 9.92 Å². The van der Waals surface area contributed by atoms with E-state index in [0.29, 0.717) is 10.8 Å². The number of rotatable bonds is 0. The third kappa shape index (κ3) is 1.52. The van der Waals surface area contributed by atoms with Crippen LogP contribution in [0, 0.1) is 0 Å². The fourth-order valence-corrected chi connectivity index (χ4v) is 2.82. The molecule has 0 atom stereocenters. The Labute approximate surface area is 102 Å². The van der Waals surface area contributed by atoms with Crippen LogP contribution in [0.4, 0.5) is 11.4 Å². The summed E-state index contributed by atoms with van der Waals surface area (Å²) < 4.78 is 0. The second-order valence-electron chi connectivity index (χ2n) is 3.52. The predicted molar refractivity (Wildman–Crippen MR) is 67.0 cm³/mol. The third-order valence-corrected chi connectivity index (χ3v) is 3.86. The van der Waals surface area contributed by atoms with Gasteiger partial charge in [-0.2, -0.15) is 0 Å². The van der Waals surface area contributed by atoms with Gasteiger partial charge >= 0.3 is 0 Å². The maximum absolute atomic E-state index is 9.75. The van der Waals surface area contributed by atoms with E-state index in [1.165, 1.54) is 0 Å².